The molecule has 2 heterocycles. The molecule has 2 unspecified atom stereocenters. The van der Waals surface area contributed by atoms with Crippen LogP contribution in [0.25, 0.3) is 76.1 Å². The average molecular weight is 681 g/mol. The van der Waals surface area contributed by atoms with Crippen molar-refractivity contribution in [2.45, 2.75) is 12.2 Å². The van der Waals surface area contributed by atoms with Gasteiger partial charge in [0.2, 0.25) is 0 Å². The fraction of sp³-hybridized carbons (Fsp3) is 0.0408. The fourth-order valence-electron chi connectivity index (χ4n) is 8.57. The first-order chi connectivity index (χ1) is 25.8. The van der Waals surface area contributed by atoms with Crippen molar-refractivity contribution in [3.8, 4) is 22.3 Å². The van der Waals surface area contributed by atoms with Gasteiger partial charge in [-0.05, 0) is 118 Å². The van der Waals surface area contributed by atoms with Gasteiger partial charge in [-0.25, -0.2) is 0 Å². The first kappa shape index (κ1) is 29.4. The maximum absolute atomic E-state index is 5.20. The van der Waals surface area contributed by atoms with Gasteiger partial charge in [-0.1, -0.05) is 133 Å². The van der Waals surface area contributed by atoms with E-state index in [1.807, 2.05) is 0 Å². The summed E-state index contributed by atoms with van der Waals surface area (Å²) in [5.41, 5.74) is 8.45. The second kappa shape index (κ2) is 11.6. The van der Waals surface area contributed by atoms with Crippen LogP contribution in [0.5, 0.6) is 0 Å². The van der Waals surface area contributed by atoms with Crippen molar-refractivity contribution in [2.75, 3.05) is 4.90 Å². The minimum atomic E-state index is -0.0743. The van der Waals surface area contributed by atoms with E-state index < -0.39 is 0 Å². The molecule has 2 atom stereocenters. The Labute approximate surface area is 305 Å². The normalized spacial score (nSPS) is 16.8. The third-order valence-electron chi connectivity index (χ3n) is 11.1. The van der Waals surface area contributed by atoms with Crippen LogP contribution in [0.2, 0.25) is 0 Å². The standard InChI is InChI=1S/C49H32N2S/c1-2-11-36(12-3-1)51-48-17-9-8-16-47(48)50-49(51)32-20-18-31(19-21-32)33-22-24-40-41-25-23-35(28-44(41)46-30-52-29-45(46)43(40)26-33)42-27-34-10-4-5-13-37(34)38-14-6-7-15-39(38)42/h1-30,48-49H. The van der Waals surface area contributed by atoms with E-state index in [9.17, 15) is 0 Å². The lowest BCUT2D eigenvalue weighted by molar-refractivity contribution is 0.696. The lowest BCUT2D eigenvalue weighted by atomic mass is 9.89. The molecule has 11 rings (SSSR count). The molecule has 2 aliphatic rings. The second-order valence-electron chi connectivity index (χ2n) is 13.9. The lowest BCUT2D eigenvalue weighted by Gasteiger charge is -2.31. The van der Waals surface area contributed by atoms with Crippen LogP contribution in [-0.4, -0.2) is 11.8 Å². The Morgan fingerprint density at radius 3 is 1.90 bits per heavy atom. The number of anilines is 1. The van der Waals surface area contributed by atoms with E-state index in [0.29, 0.717) is 0 Å². The Kier molecular flexibility index (Phi) is 6.58. The van der Waals surface area contributed by atoms with Gasteiger partial charge >= 0.3 is 0 Å². The number of benzene rings is 8. The first-order valence-corrected chi connectivity index (χ1v) is 18.9. The molecule has 9 aromatic rings. The third-order valence-corrected chi connectivity index (χ3v) is 11.8. The molecule has 0 radical (unpaired) electrons. The summed E-state index contributed by atoms with van der Waals surface area (Å²) in [5.74, 6) is 0. The summed E-state index contributed by atoms with van der Waals surface area (Å²) in [6.45, 7) is 0. The largest absolute Gasteiger partial charge is 0.334 e. The fourth-order valence-corrected chi connectivity index (χ4v) is 9.42. The highest BCUT2D eigenvalue weighted by Crippen LogP contribution is 2.43. The summed E-state index contributed by atoms with van der Waals surface area (Å²) in [4.78, 5) is 7.62. The smallest absolute Gasteiger partial charge is 0.148 e. The molecule has 0 amide bonds. The molecular formula is C49H32N2S. The van der Waals surface area contributed by atoms with Crippen LogP contribution in [0.4, 0.5) is 5.69 Å². The van der Waals surface area contributed by atoms with Crippen molar-refractivity contribution in [3.63, 3.8) is 0 Å². The van der Waals surface area contributed by atoms with E-state index in [-0.39, 0.29) is 12.2 Å². The van der Waals surface area contributed by atoms with Crippen molar-refractivity contribution in [2.24, 2.45) is 4.99 Å². The van der Waals surface area contributed by atoms with Gasteiger partial charge in [-0.15, -0.1) is 0 Å². The monoisotopic (exact) mass is 680 g/mol. The van der Waals surface area contributed by atoms with Crippen molar-refractivity contribution in [1.82, 2.24) is 0 Å². The summed E-state index contributed by atoms with van der Waals surface area (Å²) < 4.78 is 0. The average Bonchev–Trinajstić information content (AvgIpc) is 3.87. The molecule has 1 aromatic heterocycles. The van der Waals surface area contributed by atoms with E-state index in [1.165, 1.54) is 87.4 Å². The van der Waals surface area contributed by atoms with Crippen molar-refractivity contribution >= 4 is 76.6 Å². The number of rotatable bonds is 4. The number of para-hydroxylation sites is 1. The first-order valence-electron chi connectivity index (χ1n) is 17.9. The molecule has 0 bridgehead atoms. The molecule has 52 heavy (non-hydrogen) atoms. The Bertz CT molecular complexity index is 2970. The summed E-state index contributed by atoms with van der Waals surface area (Å²) in [6, 6.07) is 53.8. The molecule has 0 saturated heterocycles. The Morgan fingerprint density at radius 2 is 1.12 bits per heavy atom. The zero-order valence-corrected chi connectivity index (χ0v) is 29.1. The van der Waals surface area contributed by atoms with Crippen molar-refractivity contribution < 1.29 is 0 Å². The highest BCUT2D eigenvalue weighted by atomic mass is 32.1. The predicted octanol–water partition coefficient (Wildman–Crippen LogP) is 13.3. The molecule has 2 nitrogen and oxygen atoms in total. The van der Waals surface area contributed by atoms with Crippen LogP contribution in [0.3, 0.4) is 0 Å². The summed E-state index contributed by atoms with van der Waals surface area (Å²) in [6.07, 6.45) is 8.53. The topological polar surface area (TPSA) is 15.6 Å². The summed E-state index contributed by atoms with van der Waals surface area (Å²) in [7, 11) is 0. The van der Waals surface area contributed by atoms with Gasteiger partial charge in [-0.2, -0.15) is 11.3 Å². The Balaban J connectivity index is 0.998. The molecule has 0 fully saturated rings. The van der Waals surface area contributed by atoms with Gasteiger partial charge in [0.05, 0.1) is 11.8 Å². The van der Waals surface area contributed by atoms with Crippen LogP contribution in [-0.2, 0) is 0 Å². The molecule has 1 aliphatic carbocycles. The van der Waals surface area contributed by atoms with Gasteiger partial charge in [0.25, 0.3) is 0 Å². The SMILES string of the molecule is C1=CC2=NC(c3ccc(-c4ccc5c6ccc(-c7cc8ccccc8c8ccccc78)cc6c6cscc6c5c4)cc3)N(c3ccccc3)C2C=C1. The highest BCUT2D eigenvalue weighted by molar-refractivity contribution is 7.09. The number of thiophene rings is 1. The van der Waals surface area contributed by atoms with E-state index in [2.05, 4.69) is 186 Å². The predicted molar refractivity (Wildman–Crippen MR) is 224 cm³/mol. The number of hydrogen-bond acceptors (Lipinski definition) is 3. The molecule has 3 heteroatoms. The van der Waals surface area contributed by atoms with Crippen LogP contribution in [0.1, 0.15) is 11.7 Å². The summed E-state index contributed by atoms with van der Waals surface area (Å²) in [5, 5.41) is 17.6. The molecule has 0 saturated carbocycles. The number of nitrogens with zero attached hydrogens (tertiary/aromatic N) is 2. The molecule has 244 valence electrons. The van der Waals surface area contributed by atoms with Gasteiger partial charge in [0, 0.05) is 16.5 Å². The van der Waals surface area contributed by atoms with Crippen LogP contribution < -0.4 is 4.90 Å². The molecule has 8 aromatic carbocycles. The van der Waals surface area contributed by atoms with Gasteiger partial charge < -0.3 is 4.90 Å². The molecule has 1 aliphatic heterocycles. The summed E-state index contributed by atoms with van der Waals surface area (Å²) >= 11 is 1.79. The minimum Gasteiger partial charge on any atom is -0.334 e. The van der Waals surface area contributed by atoms with E-state index in [1.54, 1.807) is 11.3 Å². The number of hydrogen-bond donors (Lipinski definition) is 0. The second-order valence-corrected chi connectivity index (χ2v) is 14.6. The number of aliphatic imine (C=N–C) groups is 1. The van der Waals surface area contributed by atoms with Gasteiger partial charge in [-0.3, -0.25) is 4.99 Å². The highest BCUT2D eigenvalue weighted by Gasteiger charge is 2.35. The molecular weight excluding hydrogens is 649 g/mol. The number of allylic oxidation sites excluding steroid dienone is 2. The van der Waals surface area contributed by atoms with Gasteiger partial charge in [0.15, 0.2) is 0 Å². The quantitative estimate of drug-likeness (QED) is 0.169. The van der Waals surface area contributed by atoms with Crippen molar-refractivity contribution in [3.05, 3.63) is 186 Å². The zero-order chi connectivity index (χ0) is 34.2. The van der Waals surface area contributed by atoms with Crippen molar-refractivity contribution in [1.29, 1.82) is 0 Å². The minimum absolute atomic E-state index is 0.0743. The van der Waals surface area contributed by atoms with E-state index in [0.717, 1.165) is 5.71 Å². The number of fused-ring (bicyclic) bond motifs is 10. The lowest BCUT2D eigenvalue weighted by Crippen LogP contribution is -2.35. The Morgan fingerprint density at radius 1 is 0.481 bits per heavy atom. The third kappa shape index (κ3) is 4.53. The van der Waals surface area contributed by atoms with Gasteiger partial charge in [0.1, 0.15) is 6.17 Å². The van der Waals surface area contributed by atoms with Crippen LogP contribution in [0, 0.1) is 0 Å². The van der Waals surface area contributed by atoms with E-state index >= 15 is 0 Å². The van der Waals surface area contributed by atoms with Crippen LogP contribution in [0.15, 0.2) is 186 Å². The maximum Gasteiger partial charge on any atom is 0.148 e. The Hall–Kier alpha value is -6.29. The molecule has 0 N–H and O–H groups in total. The maximum atomic E-state index is 5.20. The zero-order valence-electron chi connectivity index (χ0n) is 28.3. The van der Waals surface area contributed by atoms with Crippen LogP contribution >= 0.6 is 11.3 Å². The molecule has 0 spiro atoms. The van der Waals surface area contributed by atoms with E-state index in [4.69, 9.17) is 4.99 Å².